The third kappa shape index (κ3) is 2.94. The topological polar surface area (TPSA) is 63.4 Å². The Hall–Kier alpha value is -1.07. The number of hydrogen-bond donors (Lipinski definition) is 1. The molecule has 0 bridgehead atoms. The minimum atomic E-state index is -3.49. The van der Waals surface area contributed by atoms with E-state index in [0.717, 1.165) is 17.5 Å². The molecule has 1 aliphatic rings. The van der Waals surface area contributed by atoms with E-state index in [1.165, 1.54) is 0 Å². The molecule has 1 saturated heterocycles. The number of aryl methyl sites for hydroxylation is 1. The van der Waals surface area contributed by atoms with Gasteiger partial charge in [0.25, 0.3) is 0 Å². The summed E-state index contributed by atoms with van der Waals surface area (Å²) in [5, 5.41) is 0. The molecule has 0 aliphatic carbocycles. The van der Waals surface area contributed by atoms with Gasteiger partial charge < -0.3 is 5.73 Å². The second-order valence-corrected chi connectivity index (χ2v) is 8.48. The van der Waals surface area contributed by atoms with E-state index < -0.39 is 10.0 Å². The van der Waals surface area contributed by atoms with E-state index >= 15 is 0 Å². The number of nitrogens with two attached hydrogens (primary N) is 1. The first kappa shape index (κ1) is 16.3. The van der Waals surface area contributed by atoms with Gasteiger partial charge in [0, 0.05) is 18.3 Å². The first-order valence-electron chi connectivity index (χ1n) is 7.53. The van der Waals surface area contributed by atoms with E-state index in [2.05, 4.69) is 13.8 Å². The third-order valence-electron chi connectivity index (χ3n) is 4.83. The second-order valence-electron chi connectivity index (χ2n) is 6.59. The normalized spacial score (nSPS) is 27.8. The number of nitrogens with zero attached hydrogens (tertiary/aromatic N) is 1. The van der Waals surface area contributed by atoms with E-state index in [1.54, 1.807) is 16.4 Å². The van der Waals surface area contributed by atoms with Crippen LogP contribution in [-0.2, 0) is 10.0 Å². The number of hydrogen-bond acceptors (Lipinski definition) is 3. The number of nitrogen functional groups attached to an aromatic ring is 1. The lowest BCUT2D eigenvalue weighted by molar-refractivity contribution is 0.157. The fraction of sp³-hybridized carbons (Fsp3) is 0.625. The third-order valence-corrected chi connectivity index (χ3v) is 6.76. The highest BCUT2D eigenvalue weighted by Gasteiger charge is 2.37. The Morgan fingerprint density at radius 3 is 2.38 bits per heavy atom. The van der Waals surface area contributed by atoms with Crippen LogP contribution in [0, 0.1) is 25.7 Å². The first-order valence-corrected chi connectivity index (χ1v) is 8.97. The van der Waals surface area contributed by atoms with Gasteiger partial charge in [-0.05, 0) is 62.3 Å². The SMILES string of the molecule is Cc1cc(S(=O)(=O)N2CC(C)CC(C)C2C)cc(N)c1C. The number of rotatable bonds is 2. The Bertz CT molecular complexity index is 617. The minimum Gasteiger partial charge on any atom is -0.398 e. The zero-order valence-corrected chi connectivity index (χ0v) is 14.4. The molecule has 118 valence electrons. The van der Waals surface area contributed by atoms with Gasteiger partial charge in [-0.1, -0.05) is 13.8 Å². The zero-order valence-electron chi connectivity index (χ0n) is 13.6. The summed E-state index contributed by atoms with van der Waals surface area (Å²) in [5.74, 6) is 0.752. The molecule has 2 N–H and O–H groups in total. The molecule has 0 spiro atoms. The van der Waals surface area contributed by atoms with Crippen molar-refractivity contribution in [2.75, 3.05) is 12.3 Å². The number of anilines is 1. The minimum absolute atomic E-state index is 0.0223. The van der Waals surface area contributed by atoms with Crippen molar-refractivity contribution in [3.05, 3.63) is 23.3 Å². The fourth-order valence-corrected chi connectivity index (χ4v) is 5.09. The van der Waals surface area contributed by atoms with Crippen LogP contribution in [0.2, 0.25) is 0 Å². The molecular formula is C16H26N2O2S. The van der Waals surface area contributed by atoms with E-state index in [0.29, 0.717) is 29.0 Å². The fourth-order valence-electron chi connectivity index (χ4n) is 3.12. The molecule has 1 aromatic rings. The van der Waals surface area contributed by atoms with Crippen LogP contribution < -0.4 is 5.73 Å². The van der Waals surface area contributed by atoms with Crippen molar-refractivity contribution in [1.82, 2.24) is 4.31 Å². The quantitative estimate of drug-likeness (QED) is 0.854. The van der Waals surface area contributed by atoms with Crippen molar-refractivity contribution in [1.29, 1.82) is 0 Å². The number of piperidine rings is 1. The highest BCUT2D eigenvalue weighted by atomic mass is 32.2. The average molecular weight is 310 g/mol. The summed E-state index contributed by atoms with van der Waals surface area (Å²) in [7, 11) is -3.49. The molecule has 0 radical (unpaired) electrons. The van der Waals surface area contributed by atoms with Gasteiger partial charge in [-0.15, -0.1) is 0 Å². The summed E-state index contributed by atoms with van der Waals surface area (Å²) < 4.78 is 27.6. The van der Waals surface area contributed by atoms with Gasteiger partial charge in [0.15, 0.2) is 0 Å². The maximum Gasteiger partial charge on any atom is 0.243 e. The molecule has 21 heavy (non-hydrogen) atoms. The van der Waals surface area contributed by atoms with Crippen molar-refractivity contribution < 1.29 is 8.42 Å². The highest BCUT2D eigenvalue weighted by Crippen LogP contribution is 2.33. The van der Waals surface area contributed by atoms with Crippen LogP contribution in [0.15, 0.2) is 17.0 Å². The van der Waals surface area contributed by atoms with Gasteiger partial charge in [-0.3, -0.25) is 0 Å². The van der Waals surface area contributed by atoms with Gasteiger partial charge in [-0.25, -0.2) is 8.42 Å². The zero-order chi connectivity index (χ0) is 15.9. The van der Waals surface area contributed by atoms with Crippen LogP contribution in [0.25, 0.3) is 0 Å². The lowest BCUT2D eigenvalue weighted by Crippen LogP contribution is -2.48. The van der Waals surface area contributed by atoms with Crippen LogP contribution in [-0.4, -0.2) is 25.3 Å². The molecule has 1 heterocycles. The van der Waals surface area contributed by atoms with Gasteiger partial charge in [-0.2, -0.15) is 4.31 Å². The standard InChI is InChI=1S/C16H26N2O2S/c1-10-6-12(3)14(5)18(9-10)21(19,20)15-7-11(2)13(4)16(17)8-15/h7-8,10,12,14H,6,9,17H2,1-5H3. The van der Waals surface area contributed by atoms with Crippen LogP contribution in [0.4, 0.5) is 5.69 Å². The summed E-state index contributed by atoms with van der Waals surface area (Å²) in [6, 6.07) is 3.35. The molecule has 3 unspecified atom stereocenters. The molecule has 5 heteroatoms. The maximum atomic E-state index is 13.0. The Balaban J connectivity index is 2.46. The predicted octanol–water partition coefficient (Wildman–Crippen LogP) is 2.94. The average Bonchev–Trinajstić information content (AvgIpc) is 2.39. The monoisotopic (exact) mass is 310 g/mol. The maximum absolute atomic E-state index is 13.0. The summed E-state index contributed by atoms with van der Waals surface area (Å²) in [6.45, 7) is 10.6. The molecule has 1 aromatic carbocycles. The Kier molecular flexibility index (Phi) is 4.36. The molecule has 2 rings (SSSR count). The van der Waals surface area contributed by atoms with E-state index in [1.807, 2.05) is 20.8 Å². The molecule has 4 nitrogen and oxygen atoms in total. The number of benzene rings is 1. The Labute approximate surface area is 128 Å². The molecule has 0 saturated carbocycles. The lowest BCUT2D eigenvalue weighted by atomic mass is 9.88. The first-order chi connectivity index (χ1) is 9.64. The smallest absolute Gasteiger partial charge is 0.243 e. The van der Waals surface area contributed by atoms with Crippen molar-refractivity contribution >= 4 is 15.7 Å². The van der Waals surface area contributed by atoms with Crippen molar-refractivity contribution in [2.45, 2.75) is 52.0 Å². The van der Waals surface area contributed by atoms with Crippen LogP contribution >= 0.6 is 0 Å². The van der Waals surface area contributed by atoms with E-state index in [4.69, 9.17) is 5.73 Å². The van der Waals surface area contributed by atoms with Crippen LogP contribution in [0.5, 0.6) is 0 Å². The largest absolute Gasteiger partial charge is 0.398 e. The van der Waals surface area contributed by atoms with Crippen molar-refractivity contribution in [3.8, 4) is 0 Å². The van der Waals surface area contributed by atoms with Crippen LogP contribution in [0.3, 0.4) is 0 Å². The van der Waals surface area contributed by atoms with Gasteiger partial charge >= 0.3 is 0 Å². The van der Waals surface area contributed by atoms with Gasteiger partial charge in [0.05, 0.1) is 4.90 Å². The summed E-state index contributed by atoms with van der Waals surface area (Å²) in [6.07, 6.45) is 1.07. The molecule has 3 atom stereocenters. The molecule has 1 fully saturated rings. The summed E-state index contributed by atoms with van der Waals surface area (Å²) >= 11 is 0. The highest BCUT2D eigenvalue weighted by molar-refractivity contribution is 7.89. The lowest BCUT2D eigenvalue weighted by Gasteiger charge is -2.40. The number of sulfonamides is 1. The second kappa shape index (κ2) is 5.61. The molecule has 0 aromatic heterocycles. The summed E-state index contributed by atoms with van der Waals surface area (Å²) in [5.41, 5.74) is 8.36. The molecule has 0 amide bonds. The Morgan fingerprint density at radius 2 is 1.81 bits per heavy atom. The molecular weight excluding hydrogens is 284 g/mol. The van der Waals surface area contributed by atoms with E-state index in [-0.39, 0.29) is 6.04 Å². The molecule has 1 aliphatic heterocycles. The van der Waals surface area contributed by atoms with Crippen molar-refractivity contribution in [2.24, 2.45) is 11.8 Å². The Morgan fingerprint density at radius 1 is 1.19 bits per heavy atom. The summed E-state index contributed by atoms with van der Waals surface area (Å²) in [4.78, 5) is 0.316. The van der Waals surface area contributed by atoms with E-state index in [9.17, 15) is 8.42 Å². The predicted molar refractivity (Wildman–Crippen MR) is 86.6 cm³/mol. The van der Waals surface area contributed by atoms with Gasteiger partial charge in [0.1, 0.15) is 0 Å². The van der Waals surface area contributed by atoms with Crippen LogP contribution in [0.1, 0.15) is 38.3 Å². The van der Waals surface area contributed by atoms with Gasteiger partial charge in [0.2, 0.25) is 10.0 Å². The van der Waals surface area contributed by atoms with Crippen molar-refractivity contribution in [3.63, 3.8) is 0 Å².